The molecule has 7 nitrogen and oxygen atoms in total. The number of thioether (sulfide) groups is 1. The Bertz CT molecular complexity index is 1040. The van der Waals surface area contributed by atoms with Crippen LogP contribution in [0.2, 0.25) is 0 Å². The molecular formula is C25H32N4O3S. The predicted octanol–water partition coefficient (Wildman–Crippen LogP) is 5.30. The van der Waals surface area contributed by atoms with E-state index in [-0.39, 0.29) is 17.1 Å². The second-order valence-corrected chi connectivity index (χ2v) is 9.44. The summed E-state index contributed by atoms with van der Waals surface area (Å²) < 4.78 is 13.3. The van der Waals surface area contributed by atoms with Crippen molar-refractivity contribution in [2.45, 2.75) is 58.3 Å². The third-order valence-electron chi connectivity index (χ3n) is 4.98. The highest BCUT2D eigenvalue weighted by atomic mass is 32.2. The Labute approximate surface area is 199 Å². The topological polar surface area (TPSA) is 78.3 Å². The van der Waals surface area contributed by atoms with E-state index in [0.29, 0.717) is 24.9 Å². The number of nitrogens with zero attached hydrogens (tertiary/aromatic N) is 3. The van der Waals surface area contributed by atoms with Crippen LogP contribution in [0.4, 0.5) is 5.69 Å². The molecule has 1 N–H and O–H groups in total. The standard InChI is InChI=1S/C25H32N4O3S/c1-6-29-22(16-32-21-12-8-18(9-13-21)25(3,4)5)27-28-24(29)33-17-23(30)26-19-10-14-20(15-11-19)31-7-2/h8-15H,6-7,16-17H2,1-5H3,(H,26,30). The van der Waals surface area contributed by atoms with Crippen molar-refractivity contribution in [3.8, 4) is 11.5 Å². The smallest absolute Gasteiger partial charge is 0.234 e. The fraction of sp³-hybridized carbons (Fsp3) is 0.400. The van der Waals surface area contributed by atoms with E-state index in [1.807, 2.05) is 54.8 Å². The van der Waals surface area contributed by atoms with E-state index in [1.165, 1.54) is 17.3 Å². The molecule has 0 fully saturated rings. The third kappa shape index (κ3) is 6.99. The Kier molecular flexibility index (Phi) is 8.38. The molecule has 0 atom stereocenters. The Morgan fingerprint density at radius 2 is 1.61 bits per heavy atom. The highest BCUT2D eigenvalue weighted by Crippen LogP contribution is 2.25. The van der Waals surface area contributed by atoms with Gasteiger partial charge in [0.2, 0.25) is 5.91 Å². The number of amides is 1. The fourth-order valence-electron chi connectivity index (χ4n) is 3.18. The second-order valence-electron chi connectivity index (χ2n) is 8.50. The molecule has 1 heterocycles. The quantitative estimate of drug-likeness (QED) is 0.407. The molecule has 0 bridgehead atoms. The highest BCUT2D eigenvalue weighted by molar-refractivity contribution is 7.99. The van der Waals surface area contributed by atoms with Gasteiger partial charge in [0, 0.05) is 12.2 Å². The zero-order valence-corrected chi connectivity index (χ0v) is 20.7. The largest absolute Gasteiger partial charge is 0.494 e. The Balaban J connectivity index is 1.53. The van der Waals surface area contributed by atoms with E-state index >= 15 is 0 Å². The summed E-state index contributed by atoms with van der Waals surface area (Å²) in [5, 5.41) is 12.1. The molecular weight excluding hydrogens is 436 g/mol. The van der Waals surface area contributed by atoms with Crippen LogP contribution in [0.25, 0.3) is 0 Å². The van der Waals surface area contributed by atoms with Crippen LogP contribution in [0, 0.1) is 0 Å². The van der Waals surface area contributed by atoms with Gasteiger partial charge in [-0.2, -0.15) is 0 Å². The normalized spacial score (nSPS) is 11.3. The molecule has 1 amide bonds. The third-order valence-corrected chi connectivity index (χ3v) is 5.95. The van der Waals surface area contributed by atoms with Crippen molar-refractivity contribution in [3.05, 3.63) is 59.9 Å². The lowest BCUT2D eigenvalue weighted by atomic mass is 9.87. The lowest BCUT2D eigenvalue weighted by molar-refractivity contribution is -0.113. The summed E-state index contributed by atoms with van der Waals surface area (Å²) in [5.41, 5.74) is 2.09. The van der Waals surface area contributed by atoms with E-state index in [9.17, 15) is 4.79 Å². The molecule has 33 heavy (non-hydrogen) atoms. The first-order valence-corrected chi connectivity index (χ1v) is 12.1. The number of carbonyl (C=O) groups excluding carboxylic acids is 1. The van der Waals surface area contributed by atoms with Gasteiger partial charge in [-0.3, -0.25) is 4.79 Å². The number of hydrogen-bond acceptors (Lipinski definition) is 6. The molecule has 0 saturated heterocycles. The van der Waals surface area contributed by atoms with Crippen molar-refractivity contribution >= 4 is 23.4 Å². The first kappa shape index (κ1) is 24.6. The van der Waals surface area contributed by atoms with Crippen molar-refractivity contribution in [2.75, 3.05) is 17.7 Å². The first-order valence-electron chi connectivity index (χ1n) is 11.1. The van der Waals surface area contributed by atoms with Crippen molar-refractivity contribution in [1.82, 2.24) is 14.8 Å². The zero-order valence-electron chi connectivity index (χ0n) is 19.9. The molecule has 0 unspecified atom stereocenters. The van der Waals surface area contributed by atoms with Crippen LogP contribution in [0.3, 0.4) is 0 Å². The molecule has 3 aromatic rings. The number of aromatic nitrogens is 3. The second kappa shape index (κ2) is 11.2. The summed E-state index contributed by atoms with van der Waals surface area (Å²) >= 11 is 1.35. The molecule has 8 heteroatoms. The summed E-state index contributed by atoms with van der Waals surface area (Å²) in [6.45, 7) is 12.1. The maximum atomic E-state index is 12.4. The molecule has 0 spiro atoms. The molecule has 3 rings (SSSR count). The Morgan fingerprint density at radius 1 is 0.970 bits per heavy atom. The van der Waals surface area contributed by atoms with E-state index in [2.05, 4.69) is 48.4 Å². The van der Waals surface area contributed by atoms with E-state index in [0.717, 1.165) is 23.0 Å². The molecule has 1 aromatic heterocycles. The number of ether oxygens (including phenoxy) is 2. The monoisotopic (exact) mass is 468 g/mol. The van der Waals surface area contributed by atoms with Crippen LogP contribution in [0.1, 0.15) is 46.0 Å². The number of nitrogens with one attached hydrogen (secondary N) is 1. The summed E-state index contributed by atoms with van der Waals surface area (Å²) in [7, 11) is 0. The average Bonchev–Trinajstić information content (AvgIpc) is 3.19. The van der Waals surface area contributed by atoms with E-state index < -0.39 is 0 Å². The molecule has 0 aliphatic heterocycles. The van der Waals surface area contributed by atoms with Gasteiger partial charge in [0.25, 0.3) is 0 Å². The van der Waals surface area contributed by atoms with Crippen LogP contribution in [-0.2, 0) is 23.4 Å². The number of anilines is 1. The van der Waals surface area contributed by atoms with E-state index in [4.69, 9.17) is 9.47 Å². The van der Waals surface area contributed by atoms with Crippen LogP contribution < -0.4 is 14.8 Å². The Morgan fingerprint density at radius 3 is 2.21 bits per heavy atom. The maximum Gasteiger partial charge on any atom is 0.234 e. The van der Waals surface area contributed by atoms with Gasteiger partial charge < -0.3 is 19.4 Å². The number of carbonyl (C=O) groups is 1. The lowest BCUT2D eigenvalue weighted by Gasteiger charge is -2.19. The van der Waals surface area contributed by atoms with Crippen molar-refractivity contribution < 1.29 is 14.3 Å². The summed E-state index contributed by atoms with van der Waals surface area (Å²) in [6, 6.07) is 15.5. The molecule has 0 aliphatic rings. The summed E-state index contributed by atoms with van der Waals surface area (Å²) in [4.78, 5) is 12.4. The first-order chi connectivity index (χ1) is 15.8. The van der Waals surface area contributed by atoms with Crippen molar-refractivity contribution in [2.24, 2.45) is 0 Å². The highest BCUT2D eigenvalue weighted by Gasteiger charge is 2.15. The zero-order chi connectivity index (χ0) is 23.8. The minimum atomic E-state index is -0.105. The molecule has 0 radical (unpaired) electrons. The van der Waals surface area contributed by atoms with Crippen molar-refractivity contribution in [1.29, 1.82) is 0 Å². The van der Waals surface area contributed by atoms with Gasteiger partial charge in [0.15, 0.2) is 11.0 Å². The van der Waals surface area contributed by atoms with Crippen LogP contribution >= 0.6 is 11.8 Å². The average molecular weight is 469 g/mol. The van der Waals surface area contributed by atoms with Gasteiger partial charge in [0.05, 0.1) is 12.4 Å². The minimum absolute atomic E-state index is 0.103. The maximum absolute atomic E-state index is 12.4. The summed E-state index contributed by atoms with van der Waals surface area (Å²) in [6.07, 6.45) is 0. The molecule has 0 aliphatic carbocycles. The van der Waals surface area contributed by atoms with Gasteiger partial charge in [0.1, 0.15) is 18.1 Å². The SMILES string of the molecule is CCOc1ccc(NC(=O)CSc2nnc(COc3ccc(C(C)(C)C)cc3)n2CC)cc1. The van der Waals surface area contributed by atoms with Crippen LogP contribution in [-0.4, -0.2) is 33.0 Å². The minimum Gasteiger partial charge on any atom is -0.494 e. The summed E-state index contributed by atoms with van der Waals surface area (Å²) in [5.74, 6) is 2.43. The molecule has 2 aromatic carbocycles. The van der Waals surface area contributed by atoms with Gasteiger partial charge >= 0.3 is 0 Å². The van der Waals surface area contributed by atoms with E-state index in [1.54, 1.807) is 0 Å². The van der Waals surface area contributed by atoms with Gasteiger partial charge in [-0.15, -0.1) is 10.2 Å². The fourth-order valence-corrected chi connectivity index (χ4v) is 4.00. The molecule has 0 saturated carbocycles. The number of hydrogen-bond donors (Lipinski definition) is 1. The van der Waals surface area contributed by atoms with Gasteiger partial charge in [-0.25, -0.2) is 0 Å². The van der Waals surface area contributed by atoms with Crippen LogP contribution in [0.15, 0.2) is 53.7 Å². The molecule has 176 valence electrons. The Hall–Kier alpha value is -3.00. The lowest BCUT2D eigenvalue weighted by Crippen LogP contribution is -2.15. The van der Waals surface area contributed by atoms with Gasteiger partial charge in [-0.05, 0) is 61.2 Å². The van der Waals surface area contributed by atoms with Crippen molar-refractivity contribution in [3.63, 3.8) is 0 Å². The number of benzene rings is 2. The van der Waals surface area contributed by atoms with Crippen LogP contribution in [0.5, 0.6) is 11.5 Å². The predicted molar refractivity (Wildman–Crippen MR) is 132 cm³/mol. The number of rotatable bonds is 10. The van der Waals surface area contributed by atoms with Gasteiger partial charge in [-0.1, -0.05) is 44.7 Å².